The lowest BCUT2D eigenvalue weighted by atomic mass is 10.2. The van der Waals surface area contributed by atoms with E-state index in [0.29, 0.717) is 13.1 Å². The molecule has 0 saturated carbocycles. The summed E-state index contributed by atoms with van der Waals surface area (Å²) in [5, 5.41) is 0. The van der Waals surface area contributed by atoms with E-state index in [1.165, 1.54) is 11.2 Å². The number of nitrogens with zero attached hydrogens (tertiary/aromatic N) is 1. The summed E-state index contributed by atoms with van der Waals surface area (Å²) in [4.78, 5) is 11.4. The third-order valence-electron chi connectivity index (χ3n) is 3.31. The first kappa shape index (κ1) is 15.7. The molecule has 0 bridgehead atoms. The van der Waals surface area contributed by atoms with Crippen LogP contribution in [0.2, 0.25) is 0 Å². The molecule has 7 heteroatoms. The number of sulfonamides is 1. The standard InChI is InChI=1S/C14H16FNO4S/c1-3-12(15)8-11-9-13(14(17)20-10(11)2)21(18,19)16-6-4-5-7-16/h3,8-9H,1,4-7H2,2H3/b12-8+. The Balaban J connectivity index is 2.56. The number of allylic oxidation sites excluding steroid dienone is 2. The van der Waals surface area contributed by atoms with Crippen LogP contribution in [0.1, 0.15) is 24.2 Å². The Bertz CT molecular complexity index is 743. The van der Waals surface area contributed by atoms with Crippen LogP contribution in [-0.4, -0.2) is 25.8 Å². The molecule has 1 aromatic rings. The molecule has 0 unspecified atom stereocenters. The van der Waals surface area contributed by atoms with E-state index in [1.807, 2.05) is 0 Å². The van der Waals surface area contributed by atoms with Crippen molar-refractivity contribution in [2.24, 2.45) is 0 Å². The number of hydrogen-bond donors (Lipinski definition) is 0. The van der Waals surface area contributed by atoms with Crippen LogP contribution in [0.3, 0.4) is 0 Å². The summed E-state index contributed by atoms with van der Waals surface area (Å²) < 4.78 is 44.3. The third-order valence-corrected chi connectivity index (χ3v) is 5.20. The average molecular weight is 313 g/mol. The summed E-state index contributed by atoms with van der Waals surface area (Å²) in [6.07, 6.45) is 3.58. The predicted molar refractivity (Wildman–Crippen MR) is 77.0 cm³/mol. The Morgan fingerprint density at radius 1 is 1.43 bits per heavy atom. The second-order valence-electron chi connectivity index (χ2n) is 4.75. The van der Waals surface area contributed by atoms with Gasteiger partial charge in [-0.3, -0.25) is 0 Å². The Kier molecular flexibility index (Phi) is 4.43. The molecule has 0 spiro atoms. The van der Waals surface area contributed by atoms with Crippen LogP contribution in [0.15, 0.2) is 38.7 Å². The van der Waals surface area contributed by atoms with E-state index >= 15 is 0 Å². The number of rotatable bonds is 4. The van der Waals surface area contributed by atoms with Crippen molar-refractivity contribution in [3.8, 4) is 0 Å². The Morgan fingerprint density at radius 2 is 2.05 bits per heavy atom. The fourth-order valence-corrected chi connectivity index (χ4v) is 3.69. The van der Waals surface area contributed by atoms with Crippen molar-refractivity contribution in [2.45, 2.75) is 24.7 Å². The lowest BCUT2D eigenvalue weighted by molar-refractivity contribution is 0.442. The van der Waals surface area contributed by atoms with Gasteiger partial charge in [-0.25, -0.2) is 17.6 Å². The van der Waals surface area contributed by atoms with Crippen LogP contribution in [0.5, 0.6) is 0 Å². The molecule has 114 valence electrons. The third kappa shape index (κ3) is 3.14. The number of hydrogen-bond acceptors (Lipinski definition) is 4. The minimum Gasteiger partial charge on any atom is -0.427 e. The molecule has 0 N–H and O–H groups in total. The molecular weight excluding hydrogens is 297 g/mol. The van der Waals surface area contributed by atoms with Crippen molar-refractivity contribution in [3.05, 3.63) is 46.3 Å². The second-order valence-corrected chi connectivity index (χ2v) is 6.66. The molecule has 0 radical (unpaired) electrons. The maximum atomic E-state index is 13.3. The zero-order valence-corrected chi connectivity index (χ0v) is 12.5. The number of halogens is 1. The van der Waals surface area contributed by atoms with Gasteiger partial charge in [-0.05, 0) is 38.0 Å². The summed E-state index contributed by atoms with van der Waals surface area (Å²) in [5.41, 5.74) is -0.736. The molecule has 0 amide bonds. The van der Waals surface area contributed by atoms with Crippen molar-refractivity contribution >= 4 is 16.1 Å². The summed E-state index contributed by atoms with van der Waals surface area (Å²) in [6.45, 7) is 5.50. The van der Waals surface area contributed by atoms with Gasteiger partial charge in [0.1, 0.15) is 11.6 Å². The molecule has 2 heterocycles. The van der Waals surface area contributed by atoms with E-state index < -0.39 is 26.4 Å². The van der Waals surface area contributed by atoms with Crippen LogP contribution >= 0.6 is 0 Å². The monoisotopic (exact) mass is 313 g/mol. The van der Waals surface area contributed by atoms with E-state index in [9.17, 15) is 17.6 Å². The minimum absolute atomic E-state index is 0.150. The first-order chi connectivity index (χ1) is 9.86. The molecule has 1 fully saturated rings. The zero-order chi connectivity index (χ0) is 15.6. The van der Waals surface area contributed by atoms with Crippen molar-refractivity contribution in [1.29, 1.82) is 0 Å². The topological polar surface area (TPSA) is 67.6 Å². The molecule has 2 rings (SSSR count). The average Bonchev–Trinajstić information content (AvgIpc) is 2.96. The summed E-state index contributed by atoms with van der Waals surface area (Å²) in [6, 6.07) is 1.15. The molecule has 1 aromatic heterocycles. The van der Waals surface area contributed by atoms with Gasteiger partial charge in [0, 0.05) is 18.7 Å². The van der Waals surface area contributed by atoms with E-state index in [-0.39, 0.29) is 11.3 Å². The van der Waals surface area contributed by atoms with Crippen molar-refractivity contribution in [1.82, 2.24) is 4.31 Å². The van der Waals surface area contributed by atoms with Gasteiger partial charge in [0.05, 0.1) is 0 Å². The molecule has 5 nitrogen and oxygen atoms in total. The van der Waals surface area contributed by atoms with Gasteiger partial charge < -0.3 is 4.42 Å². The fourth-order valence-electron chi connectivity index (χ4n) is 2.15. The molecule has 0 aromatic carbocycles. The summed E-state index contributed by atoms with van der Waals surface area (Å²) >= 11 is 0. The molecule has 21 heavy (non-hydrogen) atoms. The highest BCUT2D eigenvalue weighted by Crippen LogP contribution is 2.21. The van der Waals surface area contributed by atoms with Crippen LogP contribution in [0, 0.1) is 6.92 Å². The van der Waals surface area contributed by atoms with Gasteiger partial charge in [0.15, 0.2) is 4.90 Å². The van der Waals surface area contributed by atoms with Crippen LogP contribution in [0.4, 0.5) is 4.39 Å². The SMILES string of the molecule is C=C/C(F)=C\c1cc(S(=O)(=O)N2CCCC2)c(=O)oc1C. The first-order valence-electron chi connectivity index (χ1n) is 6.51. The molecule has 0 atom stereocenters. The highest BCUT2D eigenvalue weighted by atomic mass is 32.2. The molecule has 1 aliphatic rings. The quantitative estimate of drug-likeness (QED) is 0.799. The van der Waals surface area contributed by atoms with Gasteiger partial charge in [-0.15, -0.1) is 0 Å². The Labute approximate surface area is 122 Å². The largest absolute Gasteiger partial charge is 0.427 e. The fraction of sp³-hybridized carbons (Fsp3) is 0.357. The smallest absolute Gasteiger partial charge is 0.356 e. The summed E-state index contributed by atoms with van der Waals surface area (Å²) in [5.74, 6) is -0.492. The summed E-state index contributed by atoms with van der Waals surface area (Å²) in [7, 11) is -3.90. The highest BCUT2D eigenvalue weighted by molar-refractivity contribution is 7.89. The molecule has 0 aliphatic carbocycles. The normalized spacial score (nSPS) is 17.1. The van der Waals surface area contributed by atoms with Crippen molar-refractivity contribution in [2.75, 3.05) is 13.1 Å². The lowest BCUT2D eigenvalue weighted by Crippen LogP contribution is -2.31. The van der Waals surface area contributed by atoms with E-state index in [4.69, 9.17) is 4.42 Å². The predicted octanol–water partition coefficient (Wildman–Crippen LogP) is 2.23. The van der Waals surface area contributed by atoms with E-state index in [0.717, 1.165) is 31.1 Å². The van der Waals surface area contributed by atoms with Gasteiger partial charge in [0.2, 0.25) is 10.0 Å². The highest BCUT2D eigenvalue weighted by Gasteiger charge is 2.30. The second kappa shape index (κ2) is 5.95. The van der Waals surface area contributed by atoms with Crippen LogP contribution < -0.4 is 5.63 Å². The van der Waals surface area contributed by atoms with Crippen LogP contribution in [-0.2, 0) is 10.0 Å². The lowest BCUT2D eigenvalue weighted by Gasteiger charge is -2.15. The van der Waals surface area contributed by atoms with Crippen molar-refractivity contribution < 1.29 is 17.2 Å². The van der Waals surface area contributed by atoms with E-state index in [1.54, 1.807) is 0 Å². The first-order valence-corrected chi connectivity index (χ1v) is 7.95. The van der Waals surface area contributed by atoms with Crippen LogP contribution in [0.25, 0.3) is 6.08 Å². The molecule has 1 saturated heterocycles. The maximum absolute atomic E-state index is 13.3. The maximum Gasteiger partial charge on any atom is 0.356 e. The number of aryl methyl sites for hydroxylation is 1. The zero-order valence-electron chi connectivity index (χ0n) is 11.6. The van der Waals surface area contributed by atoms with Crippen molar-refractivity contribution in [3.63, 3.8) is 0 Å². The Morgan fingerprint density at radius 3 is 2.62 bits per heavy atom. The minimum atomic E-state index is -3.90. The van der Waals surface area contributed by atoms with Gasteiger partial charge in [-0.1, -0.05) is 6.58 Å². The van der Waals surface area contributed by atoms with Gasteiger partial charge >= 0.3 is 5.63 Å². The van der Waals surface area contributed by atoms with E-state index in [2.05, 4.69) is 6.58 Å². The Hall–Kier alpha value is -1.73. The molecule has 1 aliphatic heterocycles. The van der Waals surface area contributed by atoms with Gasteiger partial charge in [0.25, 0.3) is 0 Å². The van der Waals surface area contributed by atoms with Gasteiger partial charge in [-0.2, -0.15) is 4.31 Å². The molecular formula is C14H16FNO4S.